The zero-order chi connectivity index (χ0) is 15.7. The second kappa shape index (κ2) is 5.97. The summed E-state index contributed by atoms with van der Waals surface area (Å²) in [5, 5.41) is 2.98. The van der Waals surface area contributed by atoms with Crippen LogP contribution in [0.4, 0.5) is 5.69 Å². The molecule has 3 rings (SSSR count). The van der Waals surface area contributed by atoms with Crippen LogP contribution in [0.15, 0.2) is 30.3 Å². The molecule has 1 aromatic heterocycles. The van der Waals surface area contributed by atoms with Crippen molar-refractivity contribution in [2.75, 3.05) is 11.9 Å². The lowest BCUT2D eigenvalue weighted by Gasteiger charge is -2.07. The fourth-order valence-corrected chi connectivity index (χ4v) is 2.84. The quantitative estimate of drug-likeness (QED) is 0.891. The van der Waals surface area contributed by atoms with Gasteiger partial charge < -0.3 is 15.6 Å². The van der Waals surface area contributed by atoms with Crippen molar-refractivity contribution in [3.8, 4) is 0 Å². The molecular formula is C18H23N3O. The van der Waals surface area contributed by atoms with Crippen LogP contribution in [-0.4, -0.2) is 17.0 Å². The van der Waals surface area contributed by atoms with Gasteiger partial charge in [-0.3, -0.25) is 4.79 Å². The molecule has 1 amide bonds. The predicted octanol–water partition coefficient (Wildman–Crippen LogP) is 2.96. The summed E-state index contributed by atoms with van der Waals surface area (Å²) in [6.07, 6.45) is 3.33. The highest BCUT2D eigenvalue weighted by molar-refractivity contribution is 6.05. The first-order valence-electron chi connectivity index (χ1n) is 7.86. The van der Waals surface area contributed by atoms with Gasteiger partial charge in [-0.25, -0.2) is 0 Å². The van der Waals surface area contributed by atoms with Gasteiger partial charge in [0.15, 0.2) is 0 Å². The average molecular weight is 297 g/mol. The van der Waals surface area contributed by atoms with E-state index in [9.17, 15) is 4.79 Å². The van der Waals surface area contributed by atoms with E-state index in [2.05, 4.69) is 9.88 Å². The van der Waals surface area contributed by atoms with Crippen LogP contribution in [0.2, 0.25) is 0 Å². The summed E-state index contributed by atoms with van der Waals surface area (Å²) >= 11 is 0. The number of nitrogens with one attached hydrogen (secondary N) is 1. The molecule has 0 aliphatic heterocycles. The van der Waals surface area contributed by atoms with Gasteiger partial charge in [0.05, 0.1) is 5.56 Å². The monoisotopic (exact) mass is 297 g/mol. The Morgan fingerprint density at radius 2 is 2.00 bits per heavy atom. The van der Waals surface area contributed by atoms with Gasteiger partial charge in [0.2, 0.25) is 0 Å². The Morgan fingerprint density at radius 1 is 1.32 bits per heavy atom. The number of aromatic nitrogens is 1. The molecule has 1 aliphatic carbocycles. The molecule has 2 aromatic rings. The Bertz CT molecular complexity index is 681. The molecule has 4 nitrogen and oxygen atoms in total. The SMILES string of the molecule is Cc1c(C(=O)Nc2ccc(CCN)cc2)cc(C2CC2)n1C. The normalized spacial score (nSPS) is 14.1. The van der Waals surface area contributed by atoms with Crippen molar-refractivity contribution in [1.29, 1.82) is 0 Å². The lowest BCUT2D eigenvalue weighted by molar-refractivity contribution is 0.102. The second-order valence-electron chi connectivity index (χ2n) is 6.09. The molecule has 116 valence electrons. The summed E-state index contributed by atoms with van der Waals surface area (Å²) in [6, 6.07) is 9.93. The molecule has 0 unspecified atom stereocenters. The number of carbonyl (C=O) groups excluding carboxylic acids is 1. The number of hydrogen-bond donors (Lipinski definition) is 2. The summed E-state index contributed by atoms with van der Waals surface area (Å²) in [4.78, 5) is 12.5. The van der Waals surface area contributed by atoms with Crippen LogP contribution < -0.4 is 11.1 Å². The molecule has 1 heterocycles. The smallest absolute Gasteiger partial charge is 0.257 e. The summed E-state index contributed by atoms with van der Waals surface area (Å²) < 4.78 is 2.15. The maximum absolute atomic E-state index is 12.5. The number of nitrogens with two attached hydrogens (primary N) is 1. The number of nitrogens with zero attached hydrogens (tertiary/aromatic N) is 1. The Kier molecular flexibility index (Phi) is 4.03. The van der Waals surface area contributed by atoms with Crippen molar-refractivity contribution in [2.24, 2.45) is 12.8 Å². The molecule has 22 heavy (non-hydrogen) atoms. The van der Waals surface area contributed by atoms with E-state index in [0.717, 1.165) is 23.4 Å². The predicted molar refractivity (Wildman–Crippen MR) is 89.3 cm³/mol. The van der Waals surface area contributed by atoms with Gasteiger partial charge in [0.25, 0.3) is 5.91 Å². The maximum Gasteiger partial charge on any atom is 0.257 e. The highest BCUT2D eigenvalue weighted by atomic mass is 16.1. The molecule has 1 aromatic carbocycles. The van der Waals surface area contributed by atoms with E-state index >= 15 is 0 Å². The van der Waals surface area contributed by atoms with Gasteiger partial charge in [-0.1, -0.05) is 12.1 Å². The molecule has 4 heteroatoms. The molecule has 1 fully saturated rings. The van der Waals surface area contributed by atoms with Crippen LogP contribution in [0.25, 0.3) is 0 Å². The summed E-state index contributed by atoms with van der Waals surface area (Å²) in [5.41, 5.74) is 10.6. The van der Waals surface area contributed by atoms with Crippen molar-refractivity contribution < 1.29 is 4.79 Å². The van der Waals surface area contributed by atoms with Crippen LogP contribution in [0, 0.1) is 6.92 Å². The van der Waals surface area contributed by atoms with Crippen LogP contribution in [-0.2, 0) is 13.5 Å². The van der Waals surface area contributed by atoms with Crippen LogP contribution in [0.1, 0.15) is 46.1 Å². The average Bonchev–Trinajstić information content (AvgIpc) is 3.30. The Labute approximate surface area is 131 Å². The van der Waals surface area contributed by atoms with E-state index in [4.69, 9.17) is 5.73 Å². The van der Waals surface area contributed by atoms with E-state index < -0.39 is 0 Å². The minimum atomic E-state index is -0.0356. The van der Waals surface area contributed by atoms with E-state index in [1.165, 1.54) is 24.1 Å². The minimum absolute atomic E-state index is 0.0356. The third-order valence-electron chi connectivity index (χ3n) is 4.46. The van der Waals surface area contributed by atoms with Crippen LogP contribution in [0.5, 0.6) is 0 Å². The molecule has 3 N–H and O–H groups in total. The zero-order valence-electron chi connectivity index (χ0n) is 13.2. The molecule has 0 atom stereocenters. The Morgan fingerprint density at radius 3 is 2.59 bits per heavy atom. The highest BCUT2D eigenvalue weighted by Crippen LogP contribution is 2.41. The first kappa shape index (κ1) is 14.9. The molecule has 0 radical (unpaired) electrons. The van der Waals surface area contributed by atoms with Gasteiger partial charge in [-0.05, 0) is 62.4 Å². The maximum atomic E-state index is 12.5. The summed E-state index contributed by atoms with van der Waals surface area (Å²) in [6.45, 7) is 2.64. The van der Waals surface area contributed by atoms with Crippen LogP contribution in [0.3, 0.4) is 0 Å². The van der Waals surface area contributed by atoms with Crippen molar-refractivity contribution >= 4 is 11.6 Å². The second-order valence-corrected chi connectivity index (χ2v) is 6.09. The lowest BCUT2D eigenvalue weighted by Crippen LogP contribution is -2.13. The molecular weight excluding hydrogens is 274 g/mol. The zero-order valence-corrected chi connectivity index (χ0v) is 13.2. The third kappa shape index (κ3) is 2.92. The van der Waals surface area contributed by atoms with Crippen molar-refractivity contribution in [3.05, 3.63) is 52.8 Å². The Balaban J connectivity index is 1.75. The Hall–Kier alpha value is -2.07. The minimum Gasteiger partial charge on any atom is -0.351 e. The van der Waals surface area contributed by atoms with Crippen molar-refractivity contribution in [3.63, 3.8) is 0 Å². The molecule has 0 saturated heterocycles. The number of hydrogen-bond acceptors (Lipinski definition) is 2. The van der Waals surface area contributed by atoms with Gasteiger partial charge >= 0.3 is 0 Å². The van der Waals surface area contributed by atoms with Crippen LogP contribution >= 0.6 is 0 Å². The summed E-state index contributed by atoms with van der Waals surface area (Å²) in [7, 11) is 2.04. The standard InChI is InChI=1S/C18H23N3O/c1-12-16(11-17(21(12)2)14-5-6-14)18(22)20-15-7-3-13(4-8-15)9-10-19/h3-4,7-8,11,14H,5-6,9-10,19H2,1-2H3,(H,20,22). The fraction of sp³-hybridized carbons (Fsp3) is 0.389. The van der Waals surface area contributed by atoms with E-state index in [-0.39, 0.29) is 5.91 Å². The third-order valence-corrected chi connectivity index (χ3v) is 4.46. The molecule has 0 spiro atoms. The van der Waals surface area contributed by atoms with Crippen molar-refractivity contribution in [1.82, 2.24) is 4.57 Å². The topological polar surface area (TPSA) is 60.1 Å². The van der Waals surface area contributed by atoms with E-state index in [1.807, 2.05) is 44.3 Å². The number of benzene rings is 1. The van der Waals surface area contributed by atoms with Gasteiger partial charge in [-0.15, -0.1) is 0 Å². The highest BCUT2D eigenvalue weighted by Gasteiger charge is 2.28. The van der Waals surface area contributed by atoms with E-state index in [1.54, 1.807) is 0 Å². The molecule has 0 bridgehead atoms. The number of amides is 1. The number of rotatable bonds is 5. The van der Waals surface area contributed by atoms with Gasteiger partial charge in [0.1, 0.15) is 0 Å². The van der Waals surface area contributed by atoms with E-state index in [0.29, 0.717) is 12.5 Å². The summed E-state index contributed by atoms with van der Waals surface area (Å²) in [5.74, 6) is 0.604. The molecule has 1 aliphatic rings. The van der Waals surface area contributed by atoms with Gasteiger partial charge in [0, 0.05) is 24.1 Å². The number of anilines is 1. The fourth-order valence-electron chi connectivity index (χ4n) is 2.84. The largest absolute Gasteiger partial charge is 0.351 e. The first-order valence-corrected chi connectivity index (χ1v) is 7.86. The van der Waals surface area contributed by atoms with Gasteiger partial charge in [-0.2, -0.15) is 0 Å². The first-order chi connectivity index (χ1) is 10.6. The number of carbonyl (C=O) groups is 1. The van der Waals surface area contributed by atoms with Crippen molar-refractivity contribution in [2.45, 2.75) is 32.1 Å². The molecule has 1 saturated carbocycles. The lowest BCUT2D eigenvalue weighted by atomic mass is 10.1.